The number of nitrogens with one attached hydrogen (secondary N) is 1. The molecule has 4 rings (SSSR count). The zero-order chi connectivity index (χ0) is 18.8. The minimum Gasteiger partial charge on any atom is -0.482 e. The second-order valence-electron chi connectivity index (χ2n) is 5.70. The van der Waals surface area contributed by atoms with Crippen molar-refractivity contribution in [1.29, 1.82) is 0 Å². The van der Waals surface area contributed by atoms with E-state index in [-0.39, 0.29) is 12.5 Å². The minimum atomic E-state index is -0.277. The van der Waals surface area contributed by atoms with Gasteiger partial charge in [-0.1, -0.05) is 47.2 Å². The first-order valence-corrected chi connectivity index (χ1v) is 9.26. The van der Waals surface area contributed by atoms with Gasteiger partial charge in [-0.15, -0.1) is 10.2 Å². The Morgan fingerprint density at radius 3 is 2.89 bits per heavy atom. The molecule has 1 amide bonds. The Hall–Kier alpha value is -2.97. The first-order valence-electron chi connectivity index (χ1n) is 8.06. The van der Waals surface area contributed by atoms with Crippen LogP contribution < -0.4 is 10.1 Å². The van der Waals surface area contributed by atoms with E-state index in [0.717, 1.165) is 21.4 Å². The van der Waals surface area contributed by atoms with Crippen molar-refractivity contribution in [3.63, 3.8) is 0 Å². The number of ether oxygens (including phenoxy) is 1. The van der Waals surface area contributed by atoms with Crippen molar-refractivity contribution in [2.24, 2.45) is 0 Å². The molecule has 2 aromatic carbocycles. The molecule has 0 aliphatic heterocycles. The van der Waals surface area contributed by atoms with E-state index in [2.05, 4.69) is 20.6 Å². The molecule has 0 bridgehead atoms. The third-order valence-corrected chi connectivity index (χ3v) is 5.00. The van der Waals surface area contributed by atoms with Gasteiger partial charge in [-0.25, -0.2) is 0 Å². The summed E-state index contributed by atoms with van der Waals surface area (Å²) in [5.41, 5.74) is 1.54. The molecule has 0 radical (unpaired) electrons. The monoisotopic (exact) mass is 399 g/mol. The number of fused-ring (bicyclic) bond motifs is 1. The van der Waals surface area contributed by atoms with Crippen LogP contribution in [-0.4, -0.2) is 32.3 Å². The van der Waals surface area contributed by atoms with Gasteiger partial charge >= 0.3 is 0 Å². The fraction of sp³-hybridized carbons (Fsp3) is 0.111. The molecule has 27 heavy (non-hydrogen) atoms. The Balaban J connectivity index is 1.46. The second-order valence-corrected chi connectivity index (χ2v) is 7.06. The zero-order valence-corrected chi connectivity index (χ0v) is 15.8. The van der Waals surface area contributed by atoms with E-state index >= 15 is 0 Å². The molecule has 2 aromatic heterocycles. The maximum Gasteiger partial charge on any atom is 0.262 e. The third kappa shape index (κ3) is 3.76. The molecule has 0 spiro atoms. The van der Waals surface area contributed by atoms with Crippen LogP contribution in [0.25, 0.3) is 15.5 Å². The van der Waals surface area contributed by atoms with Gasteiger partial charge < -0.3 is 10.1 Å². The van der Waals surface area contributed by atoms with Crippen LogP contribution in [0, 0.1) is 6.92 Å². The lowest BCUT2D eigenvalue weighted by Gasteiger charge is -2.09. The lowest BCUT2D eigenvalue weighted by Crippen LogP contribution is -2.20. The van der Waals surface area contributed by atoms with E-state index in [4.69, 9.17) is 16.3 Å². The zero-order valence-electron chi connectivity index (χ0n) is 14.2. The van der Waals surface area contributed by atoms with Gasteiger partial charge in [0.15, 0.2) is 12.4 Å². The first kappa shape index (κ1) is 17.4. The van der Waals surface area contributed by atoms with E-state index in [0.29, 0.717) is 16.5 Å². The number of carbonyl (C=O) groups excluding carboxylic acids is 1. The number of hydrogen-bond acceptors (Lipinski definition) is 6. The fourth-order valence-electron chi connectivity index (χ4n) is 2.46. The number of nitrogens with zero attached hydrogens (tertiary/aromatic N) is 4. The minimum absolute atomic E-state index is 0.135. The molecule has 0 aliphatic carbocycles. The van der Waals surface area contributed by atoms with Gasteiger partial charge in [-0.05, 0) is 31.2 Å². The summed E-state index contributed by atoms with van der Waals surface area (Å²) in [4.78, 5) is 12.9. The van der Waals surface area contributed by atoms with Crippen molar-refractivity contribution in [1.82, 2.24) is 19.8 Å². The van der Waals surface area contributed by atoms with Crippen LogP contribution in [0.5, 0.6) is 5.75 Å². The molecule has 1 N–H and O–H groups in total. The van der Waals surface area contributed by atoms with Gasteiger partial charge in [-0.2, -0.15) is 9.61 Å². The molecule has 2 heterocycles. The smallest absolute Gasteiger partial charge is 0.262 e. The van der Waals surface area contributed by atoms with Crippen LogP contribution in [0.4, 0.5) is 5.69 Å². The number of aromatic nitrogens is 4. The second kappa shape index (κ2) is 7.34. The summed E-state index contributed by atoms with van der Waals surface area (Å²) >= 11 is 7.45. The number of aryl methyl sites for hydroxylation is 1. The predicted octanol–water partition coefficient (Wildman–Crippen LogP) is 3.83. The lowest BCUT2D eigenvalue weighted by molar-refractivity contribution is -0.118. The van der Waals surface area contributed by atoms with Gasteiger partial charge in [0.1, 0.15) is 10.8 Å². The fourth-order valence-corrected chi connectivity index (χ4v) is 3.54. The Kier molecular flexibility index (Phi) is 4.74. The molecule has 0 saturated heterocycles. The third-order valence-electron chi connectivity index (χ3n) is 3.74. The molecular weight excluding hydrogens is 386 g/mol. The number of halogens is 1. The highest BCUT2D eigenvalue weighted by molar-refractivity contribution is 7.19. The summed E-state index contributed by atoms with van der Waals surface area (Å²) in [5.74, 6) is 0.924. The molecule has 4 aromatic rings. The predicted molar refractivity (Wildman–Crippen MR) is 104 cm³/mol. The maximum absolute atomic E-state index is 12.2. The van der Waals surface area contributed by atoms with Gasteiger partial charge in [-0.3, -0.25) is 4.79 Å². The molecule has 0 atom stereocenters. The molecule has 9 heteroatoms. The quantitative estimate of drug-likeness (QED) is 0.551. The van der Waals surface area contributed by atoms with Crippen LogP contribution in [0.1, 0.15) is 5.82 Å². The van der Waals surface area contributed by atoms with Crippen molar-refractivity contribution >= 4 is 39.5 Å². The summed E-state index contributed by atoms with van der Waals surface area (Å²) in [6.07, 6.45) is 0. The highest BCUT2D eigenvalue weighted by Gasteiger charge is 2.12. The Bertz CT molecular complexity index is 1120. The van der Waals surface area contributed by atoms with Crippen LogP contribution in [0.15, 0.2) is 48.5 Å². The van der Waals surface area contributed by atoms with E-state index in [1.807, 2.05) is 31.2 Å². The number of amides is 1. The van der Waals surface area contributed by atoms with E-state index < -0.39 is 0 Å². The first-order chi connectivity index (χ1) is 13.1. The molecule has 0 aliphatic rings. The summed E-state index contributed by atoms with van der Waals surface area (Å²) < 4.78 is 7.15. The summed E-state index contributed by atoms with van der Waals surface area (Å²) in [7, 11) is 0. The van der Waals surface area contributed by atoms with Crippen molar-refractivity contribution in [2.75, 3.05) is 11.9 Å². The van der Waals surface area contributed by atoms with Crippen molar-refractivity contribution in [3.05, 3.63) is 59.4 Å². The van der Waals surface area contributed by atoms with Crippen molar-refractivity contribution < 1.29 is 9.53 Å². The van der Waals surface area contributed by atoms with Crippen molar-refractivity contribution in [3.8, 4) is 16.3 Å². The number of para-hydroxylation sites is 1. The van der Waals surface area contributed by atoms with Gasteiger partial charge in [0, 0.05) is 11.3 Å². The van der Waals surface area contributed by atoms with Gasteiger partial charge in [0.25, 0.3) is 5.91 Å². The summed E-state index contributed by atoms with van der Waals surface area (Å²) in [5, 5.41) is 16.6. The van der Waals surface area contributed by atoms with Crippen LogP contribution in [-0.2, 0) is 4.79 Å². The van der Waals surface area contributed by atoms with Crippen LogP contribution in [0.3, 0.4) is 0 Å². The maximum atomic E-state index is 12.2. The number of benzene rings is 2. The SMILES string of the molecule is Cc1nnc2sc(-c3cccc(NC(=O)COc4ccccc4Cl)c3)nn12. The van der Waals surface area contributed by atoms with E-state index in [1.165, 1.54) is 11.3 Å². The highest BCUT2D eigenvalue weighted by atomic mass is 35.5. The average molecular weight is 400 g/mol. The normalized spacial score (nSPS) is 10.9. The average Bonchev–Trinajstić information content (AvgIpc) is 3.24. The van der Waals surface area contributed by atoms with Crippen LogP contribution >= 0.6 is 22.9 Å². The Morgan fingerprint density at radius 1 is 1.22 bits per heavy atom. The van der Waals surface area contributed by atoms with Gasteiger partial charge in [0.2, 0.25) is 4.96 Å². The number of carbonyl (C=O) groups is 1. The van der Waals surface area contributed by atoms with Gasteiger partial charge in [0.05, 0.1) is 5.02 Å². The molecule has 0 saturated carbocycles. The standard InChI is InChI=1S/C18H14ClN5O2S/c1-11-21-22-18-24(11)23-17(27-18)12-5-4-6-13(9-12)20-16(25)10-26-15-8-3-2-7-14(15)19/h2-9H,10H2,1H3,(H,20,25). The van der Waals surface area contributed by atoms with Crippen LogP contribution in [0.2, 0.25) is 5.02 Å². The summed E-state index contributed by atoms with van der Waals surface area (Å²) in [6, 6.07) is 14.5. The number of rotatable bonds is 5. The molecule has 7 nitrogen and oxygen atoms in total. The Labute approximate surface area is 163 Å². The number of anilines is 1. The molecule has 0 fully saturated rings. The number of hydrogen-bond donors (Lipinski definition) is 1. The van der Waals surface area contributed by atoms with E-state index in [9.17, 15) is 4.79 Å². The Morgan fingerprint density at radius 2 is 2.07 bits per heavy atom. The largest absolute Gasteiger partial charge is 0.482 e. The molecular formula is C18H14ClN5O2S. The van der Waals surface area contributed by atoms with Crippen molar-refractivity contribution in [2.45, 2.75) is 6.92 Å². The highest BCUT2D eigenvalue weighted by Crippen LogP contribution is 2.27. The topological polar surface area (TPSA) is 81.4 Å². The molecule has 0 unspecified atom stereocenters. The van der Waals surface area contributed by atoms with E-state index in [1.54, 1.807) is 28.8 Å². The summed E-state index contributed by atoms with van der Waals surface area (Å²) in [6.45, 7) is 1.71. The molecule has 136 valence electrons. The lowest BCUT2D eigenvalue weighted by atomic mass is 10.2.